The molecule has 4 heteroatoms. The van der Waals surface area contributed by atoms with E-state index in [-0.39, 0.29) is 17.1 Å². The van der Waals surface area contributed by atoms with Crippen LogP contribution in [0.1, 0.15) is 41.0 Å². The molecule has 2 atom stereocenters. The van der Waals surface area contributed by atoms with Crippen LogP contribution in [0.3, 0.4) is 0 Å². The highest BCUT2D eigenvalue weighted by atomic mass is 127. The van der Waals surface area contributed by atoms with Crippen molar-refractivity contribution in [3.63, 3.8) is 0 Å². The highest BCUT2D eigenvalue weighted by molar-refractivity contribution is 14.1. The van der Waals surface area contributed by atoms with Crippen LogP contribution in [-0.2, 0) is 9.22 Å². The molecule has 0 spiro atoms. The van der Waals surface area contributed by atoms with Crippen molar-refractivity contribution in [2.24, 2.45) is 5.92 Å². The second-order valence-electron chi connectivity index (χ2n) is 6.88. The summed E-state index contributed by atoms with van der Waals surface area (Å²) in [7, 11) is -1.85. The Labute approximate surface area is 139 Å². The van der Waals surface area contributed by atoms with Crippen LogP contribution in [0.15, 0.2) is 21.8 Å². The molecule has 2 nitrogen and oxygen atoms in total. The first-order chi connectivity index (χ1) is 9.05. The second kappa shape index (κ2) is 8.49. The van der Waals surface area contributed by atoms with E-state index < -0.39 is 8.32 Å². The van der Waals surface area contributed by atoms with Crippen LogP contribution in [0.5, 0.6) is 0 Å². The lowest BCUT2D eigenvalue weighted by Crippen LogP contribution is -2.45. The van der Waals surface area contributed by atoms with Crippen LogP contribution in [0, 0.1) is 5.92 Å². The Bertz CT molecular complexity index is 367. The van der Waals surface area contributed by atoms with Crippen LogP contribution in [0.4, 0.5) is 0 Å². The summed E-state index contributed by atoms with van der Waals surface area (Å²) in [5, 5.41) is 0.161. The molecule has 0 fully saturated rings. The minimum atomic E-state index is -1.85. The highest BCUT2D eigenvalue weighted by Crippen LogP contribution is 2.38. The Balaban J connectivity index is 5.07. The molecule has 0 amide bonds. The zero-order valence-corrected chi connectivity index (χ0v) is 17.0. The van der Waals surface area contributed by atoms with Gasteiger partial charge in [0.1, 0.15) is 6.29 Å². The van der Waals surface area contributed by atoms with Gasteiger partial charge in [0.15, 0.2) is 8.32 Å². The number of aldehydes is 1. The smallest absolute Gasteiger partial charge is 0.192 e. The van der Waals surface area contributed by atoms with Gasteiger partial charge in [-0.1, -0.05) is 68.0 Å². The van der Waals surface area contributed by atoms with E-state index in [1.807, 2.05) is 4.08 Å². The molecular weight excluding hydrogens is 379 g/mol. The van der Waals surface area contributed by atoms with Gasteiger partial charge in [0, 0.05) is 6.42 Å². The van der Waals surface area contributed by atoms with Crippen molar-refractivity contribution in [2.75, 3.05) is 0 Å². The summed E-state index contributed by atoms with van der Waals surface area (Å²) in [4.78, 5) is 11.0. The van der Waals surface area contributed by atoms with E-state index in [9.17, 15) is 4.79 Å². The van der Waals surface area contributed by atoms with Crippen LogP contribution in [0.2, 0.25) is 18.1 Å². The maximum atomic E-state index is 11.0. The number of hydrogen-bond acceptors (Lipinski definition) is 2. The topological polar surface area (TPSA) is 26.3 Å². The summed E-state index contributed by atoms with van der Waals surface area (Å²) in [5.41, 5.74) is 1.21. The largest absolute Gasteiger partial charge is 0.413 e. The number of carbonyl (C=O) groups is 1. The first-order valence-corrected chi connectivity index (χ1v) is 11.3. The number of carbonyl (C=O) groups excluding carboxylic acids is 1. The standard InChI is InChI=1S/C16H29IO2Si/c1-13(8-10-17)12-14(2)15(9-11-18)19-20(6,7)16(3,4)5/h8,10-12,14-15H,9H2,1-7H3/b10-8-,13-12+/t14-,15-/m0/s1. The highest BCUT2D eigenvalue weighted by Gasteiger charge is 2.39. The van der Waals surface area contributed by atoms with Crippen LogP contribution >= 0.6 is 22.6 Å². The van der Waals surface area contributed by atoms with Crippen molar-refractivity contribution >= 4 is 37.2 Å². The van der Waals surface area contributed by atoms with E-state index >= 15 is 0 Å². The molecule has 0 saturated heterocycles. The summed E-state index contributed by atoms with van der Waals surface area (Å²) >= 11 is 2.21. The van der Waals surface area contributed by atoms with Crippen LogP contribution < -0.4 is 0 Å². The Hall–Kier alpha value is 0.0569. The fourth-order valence-electron chi connectivity index (χ4n) is 1.70. The van der Waals surface area contributed by atoms with E-state index in [0.29, 0.717) is 6.42 Å². The maximum absolute atomic E-state index is 11.0. The van der Waals surface area contributed by atoms with E-state index in [1.54, 1.807) is 0 Å². The quantitative estimate of drug-likeness (QED) is 0.241. The average molecular weight is 408 g/mol. The van der Waals surface area contributed by atoms with Gasteiger partial charge >= 0.3 is 0 Å². The molecule has 0 aromatic heterocycles. The molecular formula is C16H29IO2Si. The van der Waals surface area contributed by atoms with E-state index in [1.165, 1.54) is 5.57 Å². The second-order valence-corrected chi connectivity index (χ2v) is 12.4. The Morgan fingerprint density at radius 3 is 2.30 bits per heavy atom. The van der Waals surface area contributed by atoms with Gasteiger partial charge < -0.3 is 9.22 Å². The minimum Gasteiger partial charge on any atom is -0.413 e. The summed E-state index contributed by atoms with van der Waals surface area (Å²) in [6.45, 7) is 15.4. The molecule has 0 saturated carbocycles. The number of allylic oxidation sites excluding steroid dienone is 2. The molecule has 20 heavy (non-hydrogen) atoms. The van der Waals surface area contributed by atoms with Gasteiger partial charge in [-0.2, -0.15) is 0 Å². The molecule has 0 radical (unpaired) electrons. The van der Waals surface area contributed by atoms with Gasteiger partial charge in [-0.25, -0.2) is 0 Å². The lowest BCUT2D eigenvalue weighted by molar-refractivity contribution is -0.109. The molecule has 0 aliphatic heterocycles. The molecule has 0 aromatic rings. The Kier molecular flexibility index (Phi) is 8.51. The molecule has 0 N–H and O–H groups in total. The van der Waals surface area contributed by atoms with Crippen molar-refractivity contribution in [2.45, 2.75) is 65.3 Å². The van der Waals surface area contributed by atoms with E-state index in [0.717, 1.165) is 6.29 Å². The summed E-state index contributed by atoms with van der Waals surface area (Å²) in [5.74, 6) is 0.238. The third-order valence-electron chi connectivity index (χ3n) is 4.02. The monoisotopic (exact) mass is 408 g/mol. The zero-order valence-electron chi connectivity index (χ0n) is 13.9. The summed E-state index contributed by atoms with van der Waals surface area (Å²) in [6, 6.07) is 0. The first-order valence-electron chi connectivity index (χ1n) is 7.11. The SMILES string of the molecule is CC(/C=C\I)=C\[C@H](C)[C@H](CC=O)O[Si](C)(C)C(C)(C)C. The third-order valence-corrected chi connectivity index (χ3v) is 8.88. The van der Waals surface area contributed by atoms with Crippen LogP contribution in [-0.4, -0.2) is 20.7 Å². The molecule has 0 aromatic carbocycles. The Morgan fingerprint density at radius 1 is 1.35 bits per heavy atom. The van der Waals surface area contributed by atoms with Gasteiger partial charge in [-0.3, -0.25) is 0 Å². The zero-order chi connectivity index (χ0) is 16.0. The molecule has 0 unspecified atom stereocenters. The summed E-state index contributed by atoms with van der Waals surface area (Å²) < 4.78 is 8.42. The van der Waals surface area contributed by atoms with Crippen molar-refractivity contribution in [1.29, 1.82) is 0 Å². The predicted octanol–water partition coefficient (Wildman–Crippen LogP) is 5.50. The predicted molar refractivity (Wildman–Crippen MR) is 98.8 cm³/mol. The Morgan fingerprint density at radius 2 is 1.90 bits per heavy atom. The fraction of sp³-hybridized carbons (Fsp3) is 0.688. The van der Waals surface area contributed by atoms with E-state index in [2.05, 4.69) is 82.5 Å². The lowest BCUT2D eigenvalue weighted by atomic mass is 10.00. The average Bonchev–Trinajstić information content (AvgIpc) is 2.26. The number of hydrogen-bond donors (Lipinski definition) is 0. The fourth-order valence-corrected chi connectivity index (χ4v) is 3.69. The number of halogens is 1. The van der Waals surface area contributed by atoms with Crippen LogP contribution in [0.25, 0.3) is 0 Å². The normalized spacial score (nSPS) is 17.3. The lowest BCUT2D eigenvalue weighted by Gasteiger charge is -2.40. The van der Waals surface area contributed by atoms with E-state index in [4.69, 9.17) is 4.43 Å². The van der Waals surface area contributed by atoms with Crippen molar-refractivity contribution in [1.82, 2.24) is 0 Å². The molecule has 0 bridgehead atoms. The third kappa shape index (κ3) is 6.67. The number of rotatable bonds is 7. The molecule has 116 valence electrons. The molecule has 0 aliphatic rings. The van der Waals surface area contributed by atoms with Gasteiger partial charge in [0.05, 0.1) is 6.10 Å². The van der Waals surface area contributed by atoms with Gasteiger partial charge in [0.25, 0.3) is 0 Å². The maximum Gasteiger partial charge on any atom is 0.192 e. The molecule has 0 aliphatic carbocycles. The molecule has 0 rings (SSSR count). The molecule has 0 heterocycles. The van der Waals surface area contributed by atoms with Crippen molar-refractivity contribution in [3.05, 3.63) is 21.8 Å². The van der Waals surface area contributed by atoms with Gasteiger partial charge in [-0.15, -0.1) is 0 Å². The summed E-state index contributed by atoms with van der Waals surface area (Å²) in [6.07, 6.45) is 5.68. The van der Waals surface area contributed by atoms with Crippen molar-refractivity contribution in [3.8, 4) is 0 Å². The van der Waals surface area contributed by atoms with Gasteiger partial charge in [-0.05, 0) is 35.1 Å². The van der Waals surface area contributed by atoms with Gasteiger partial charge in [0.2, 0.25) is 0 Å². The minimum absolute atomic E-state index is 0.0223. The first kappa shape index (κ1) is 20.1. The van der Waals surface area contributed by atoms with Crippen molar-refractivity contribution < 1.29 is 9.22 Å².